The van der Waals surface area contributed by atoms with Gasteiger partial charge in [0, 0.05) is 11.1 Å². The molecule has 0 amide bonds. The van der Waals surface area contributed by atoms with Gasteiger partial charge < -0.3 is 0 Å². The smallest absolute Gasteiger partial charge is 0.193 e. The molecule has 2 aromatic carbocycles. The van der Waals surface area contributed by atoms with E-state index in [1.807, 2.05) is 31.2 Å². The topological polar surface area (TPSA) is 54.0 Å². The summed E-state index contributed by atoms with van der Waals surface area (Å²) in [5.41, 5.74) is 3.48. The van der Waals surface area contributed by atoms with Crippen molar-refractivity contribution in [2.75, 3.05) is 0 Å². The Balaban J connectivity index is 2.51. The van der Waals surface area contributed by atoms with Crippen LogP contribution in [0.25, 0.3) is 0 Å². The van der Waals surface area contributed by atoms with Crippen LogP contribution in [0.15, 0.2) is 36.4 Å². The molecule has 0 bridgehead atoms. The van der Waals surface area contributed by atoms with E-state index in [9.17, 15) is 4.79 Å². The molecule has 0 aliphatic heterocycles. The maximum absolute atomic E-state index is 14.4. The van der Waals surface area contributed by atoms with Crippen LogP contribution >= 0.6 is 0 Å². The highest BCUT2D eigenvalue weighted by molar-refractivity contribution is 6.11. The highest BCUT2D eigenvalue weighted by atomic mass is 17.2. The summed E-state index contributed by atoms with van der Waals surface area (Å²) < 4.78 is 0. The van der Waals surface area contributed by atoms with Crippen LogP contribution in [-0.2, 0) is 30.8 Å². The molecule has 0 saturated heterocycles. The maximum atomic E-state index is 14.4. The van der Waals surface area contributed by atoms with Crippen LogP contribution in [-0.4, -0.2) is 17.0 Å². The Morgan fingerprint density at radius 1 is 0.562 bits per heavy atom. The minimum atomic E-state index is -0.681. The summed E-state index contributed by atoms with van der Waals surface area (Å²) in [6.07, 6.45) is 3.15. The van der Waals surface area contributed by atoms with Gasteiger partial charge in [0.05, 0.1) is 11.2 Å². The van der Waals surface area contributed by atoms with Crippen LogP contribution in [0.1, 0.15) is 200 Å². The summed E-state index contributed by atoms with van der Waals surface area (Å²) in [7, 11) is 0. The number of rotatable bonds is 16. The third kappa shape index (κ3) is 11.5. The zero-order chi connectivity index (χ0) is 37.1. The second-order valence-electron chi connectivity index (χ2n) is 18.7. The predicted octanol–water partition coefficient (Wildman–Crippen LogP) is 12.7. The summed E-state index contributed by atoms with van der Waals surface area (Å²) in [5, 5.41) is 0. The molecule has 0 aliphatic rings. The van der Waals surface area contributed by atoms with Crippen LogP contribution in [0.3, 0.4) is 0 Å². The lowest BCUT2D eigenvalue weighted by Gasteiger charge is -2.36. The van der Waals surface area contributed by atoms with E-state index in [1.165, 1.54) is 0 Å². The van der Waals surface area contributed by atoms with E-state index in [0.717, 1.165) is 53.5 Å². The second kappa shape index (κ2) is 15.5. The van der Waals surface area contributed by atoms with E-state index in [4.69, 9.17) is 19.6 Å². The maximum Gasteiger partial charge on any atom is 0.193 e. The van der Waals surface area contributed by atoms with Gasteiger partial charge >= 0.3 is 0 Å². The average Bonchev–Trinajstić information content (AvgIpc) is 2.95. The van der Waals surface area contributed by atoms with Gasteiger partial charge in [-0.1, -0.05) is 119 Å². The van der Waals surface area contributed by atoms with E-state index in [2.05, 4.69) is 130 Å². The lowest BCUT2D eigenvalue weighted by Crippen LogP contribution is -2.35. The van der Waals surface area contributed by atoms with Gasteiger partial charge in [-0.3, -0.25) is 4.79 Å². The highest BCUT2D eigenvalue weighted by Crippen LogP contribution is 2.40. The molecule has 5 heteroatoms. The molecular formula is C43H70O5. The minimum Gasteiger partial charge on any atom is -0.289 e. The number of hydrogen-bond acceptors (Lipinski definition) is 5. The normalized spacial score (nSPS) is 15.9. The third-order valence-corrected chi connectivity index (χ3v) is 9.20. The van der Waals surface area contributed by atoms with Gasteiger partial charge in [-0.05, 0) is 112 Å². The first-order valence-corrected chi connectivity index (χ1v) is 18.3. The Kier molecular flexibility index (Phi) is 13.6. The van der Waals surface area contributed by atoms with Gasteiger partial charge in [0.25, 0.3) is 0 Å². The number of carbonyl (C=O) groups excluding carboxylic acids is 1. The number of carbonyl (C=O) groups is 1. The molecular weight excluding hydrogens is 596 g/mol. The molecule has 0 spiro atoms. The molecule has 2 aromatic rings. The molecule has 0 heterocycles. The molecule has 0 aliphatic carbocycles. The van der Waals surface area contributed by atoms with Crippen molar-refractivity contribution in [1.29, 1.82) is 0 Å². The molecule has 0 radical (unpaired) electrons. The van der Waals surface area contributed by atoms with E-state index >= 15 is 0 Å². The quantitative estimate of drug-likeness (QED) is 0.101. The van der Waals surface area contributed by atoms with Crippen molar-refractivity contribution in [3.63, 3.8) is 0 Å². The van der Waals surface area contributed by atoms with Gasteiger partial charge in [0.1, 0.15) is 11.2 Å². The first kappa shape index (κ1) is 42.1. The van der Waals surface area contributed by atoms with E-state index in [-0.39, 0.29) is 28.4 Å². The molecule has 0 aromatic heterocycles. The standard InChI is InChI=1S/C43H70O5/c1-19-42(17,47-45-40(13,14)27-38(7,8)9)32-23-21-31(22-24-32)37(44)36-34(29(3)4)25-33(26-35(36)30(5)6)43(18,20-2)48-46-41(15,16)28-39(10,11)12/h21-26,29-30H,19-20,27-28H2,1-18H3. The summed E-state index contributed by atoms with van der Waals surface area (Å²) in [5.74, 6) is 0.291. The Bertz CT molecular complexity index is 1320. The van der Waals surface area contributed by atoms with Gasteiger partial charge in [0.15, 0.2) is 5.78 Å². The second-order valence-corrected chi connectivity index (χ2v) is 18.7. The lowest BCUT2D eigenvalue weighted by atomic mass is 9.79. The number of benzene rings is 2. The molecule has 0 fully saturated rings. The van der Waals surface area contributed by atoms with Crippen LogP contribution in [0, 0.1) is 10.8 Å². The molecule has 48 heavy (non-hydrogen) atoms. The largest absolute Gasteiger partial charge is 0.289 e. The summed E-state index contributed by atoms with van der Waals surface area (Å²) in [6, 6.07) is 12.2. The van der Waals surface area contributed by atoms with Crippen LogP contribution in [0.2, 0.25) is 0 Å². The van der Waals surface area contributed by atoms with Gasteiger partial charge in [0.2, 0.25) is 0 Å². The van der Waals surface area contributed by atoms with Crippen LogP contribution in [0.4, 0.5) is 0 Å². The van der Waals surface area contributed by atoms with Crippen molar-refractivity contribution < 1.29 is 24.3 Å². The number of hydrogen-bond donors (Lipinski definition) is 0. The van der Waals surface area contributed by atoms with Crippen molar-refractivity contribution >= 4 is 5.78 Å². The van der Waals surface area contributed by atoms with E-state index in [1.54, 1.807) is 0 Å². The lowest BCUT2D eigenvalue weighted by molar-refractivity contribution is -0.413. The fraction of sp³-hybridized carbons (Fsp3) is 0.698. The molecule has 2 rings (SSSR count). The van der Waals surface area contributed by atoms with Gasteiger partial charge in [-0.25, -0.2) is 19.6 Å². The summed E-state index contributed by atoms with van der Waals surface area (Å²) in [4.78, 5) is 39.2. The molecule has 2 unspecified atom stereocenters. The summed E-state index contributed by atoms with van der Waals surface area (Å²) >= 11 is 0. The van der Waals surface area contributed by atoms with Crippen molar-refractivity contribution in [2.45, 2.75) is 185 Å². The first-order chi connectivity index (χ1) is 21.7. The Hall–Kier alpha value is -2.05. The predicted molar refractivity (Wildman–Crippen MR) is 200 cm³/mol. The van der Waals surface area contributed by atoms with Crippen LogP contribution < -0.4 is 0 Å². The highest BCUT2D eigenvalue weighted by Gasteiger charge is 2.36. The molecule has 5 nitrogen and oxygen atoms in total. The first-order valence-electron chi connectivity index (χ1n) is 18.3. The Labute approximate surface area is 294 Å². The van der Waals surface area contributed by atoms with Crippen molar-refractivity contribution in [1.82, 2.24) is 0 Å². The van der Waals surface area contributed by atoms with Crippen molar-refractivity contribution in [3.8, 4) is 0 Å². The van der Waals surface area contributed by atoms with Crippen LogP contribution in [0.5, 0.6) is 0 Å². The van der Waals surface area contributed by atoms with Gasteiger partial charge in [-0.15, -0.1) is 0 Å². The monoisotopic (exact) mass is 667 g/mol. The fourth-order valence-electron chi connectivity index (χ4n) is 6.93. The van der Waals surface area contributed by atoms with Crippen molar-refractivity contribution in [2.24, 2.45) is 10.8 Å². The van der Waals surface area contributed by atoms with E-state index in [0.29, 0.717) is 5.56 Å². The van der Waals surface area contributed by atoms with Crippen molar-refractivity contribution in [3.05, 3.63) is 69.8 Å². The SMILES string of the molecule is CCC(C)(OOC(C)(C)CC(C)(C)C)c1ccc(C(=O)c2c(C(C)C)cc(C(C)(CC)OOC(C)(C)CC(C)(C)C)cc2C(C)C)cc1. The molecule has 272 valence electrons. The third-order valence-electron chi connectivity index (χ3n) is 9.20. The van der Waals surface area contributed by atoms with Gasteiger partial charge in [-0.2, -0.15) is 0 Å². The molecule has 2 atom stereocenters. The number of ketones is 1. The zero-order valence-corrected chi connectivity index (χ0v) is 34.0. The Morgan fingerprint density at radius 3 is 1.23 bits per heavy atom. The average molecular weight is 667 g/mol. The summed E-state index contributed by atoms with van der Waals surface area (Å²) in [6.45, 7) is 38.5. The van der Waals surface area contributed by atoms with E-state index < -0.39 is 22.4 Å². The molecule has 0 N–H and O–H groups in total. The fourth-order valence-corrected chi connectivity index (χ4v) is 6.93. The minimum absolute atomic E-state index is 0.0314. The zero-order valence-electron chi connectivity index (χ0n) is 34.0. The Morgan fingerprint density at radius 2 is 0.917 bits per heavy atom. The molecule has 0 saturated carbocycles.